The molecule has 10 aromatic rings. The van der Waals surface area contributed by atoms with Gasteiger partial charge in [-0.3, -0.25) is 4.57 Å². The second kappa shape index (κ2) is 12.5. The maximum Gasteiger partial charge on any atom is 0.240 e. The molecular formula is C44H26N8O2S. The van der Waals surface area contributed by atoms with Crippen LogP contribution in [0.5, 0.6) is 0 Å². The van der Waals surface area contributed by atoms with E-state index in [-0.39, 0.29) is 9.79 Å². The van der Waals surface area contributed by atoms with E-state index in [0.717, 1.165) is 49.5 Å². The van der Waals surface area contributed by atoms with Gasteiger partial charge in [0.25, 0.3) is 0 Å². The SMILES string of the molecule is N#Cc1ccc(S(=O)(=O)c2ccc(-n3c4ccccc4c4nnc5c(c6ccccc6n5-c5nc(-c6ccccc6)nc(-c6ccccc6)n5)c43)cc2)cc1. The predicted octanol–water partition coefficient (Wildman–Crippen LogP) is 8.89. The summed E-state index contributed by atoms with van der Waals surface area (Å²) in [5.74, 6) is 1.44. The largest absolute Gasteiger partial charge is 0.307 e. The van der Waals surface area contributed by atoms with E-state index < -0.39 is 9.84 Å². The minimum Gasteiger partial charge on any atom is -0.307 e. The highest BCUT2D eigenvalue weighted by atomic mass is 32.2. The van der Waals surface area contributed by atoms with E-state index >= 15 is 0 Å². The van der Waals surface area contributed by atoms with Crippen LogP contribution in [0.4, 0.5) is 0 Å². The van der Waals surface area contributed by atoms with Crippen LogP contribution in [0, 0.1) is 11.3 Å². The number of para-hydroxylation sites is 2. The van der Waals surface area contributed by atoms with Crippen LogP contribution in [0.25, 0.3) is 78.3 Å². The fourth-order valence-electron chi connectivity index (χ4n) is 7.19. The first kappa shape index (κ1) is 32.1. The Morgan fingerprint density at radius 1 is 0.527 bits per heavy atom. The van der Waals surface area contributed by atoms with Crippen molar-refractivity contribution in [1.29, 1.82) is 5.26 Å². The van der Waals surface area contributed by atoms with E-state index in [1.807, 2.05) is 114 Å². The van der Waals surface area contributed by atoms with Gasteiger partial charge in [0.05, 0.1) is 43.4 Å². The molecule has 6 aromatic carbocycles. The smallest absolute Gasteiger partial charge is 0.240 e. The number of fused-ring (bicyclic) bond motifs is 7. The van der Waals surface area contributed by atoms with Crippen LogP contribution in [0.1, 0.15) is 5.56 Å². The van der Waals surface area contributed by atoms with Crippen molar-refractivity contribution in [2.45, 2.75) is 9.79 Å². The van der Waals surface area contributed by atoms with Gasteiger partial charge in [-0.25, -0.2) is 13.4 Å². The van der Waals surface area contributed by atoms with Crippen molar-refractivity contribution >= 4 is 53.7 Å². The molecule has 0 amide bonds. The minimum atomic E-state index is -3.84. The third-order valence-electron chi connectivity index (χ3n) is 9.77. The lowest BCUT2D eigenvalue weighted by Gasteiger charge is -2.11. The highest BCUT2D eigenvalue weighted by molar-refractivity contribution is 7.91. The monoisotopic (exact) mass is 730 g/mol. The van der Waals surface area contributed by atoms with Crippen molar-refractivity contribution in [3.63, 3.8) is 0 Å². The van der Waals surface area contributed by atoms with Gasteiger partial charge < -0.3 is 4.57 Å². The van der Waals surface area contributed by atoms with Crippen molar-refractivity contribution < 1.29 is 8.42 Å². The number of aromatic nitrogens is 7. The highest BCUT2D eigenvalue weighted by Crippen LogP contribution is 2.40. The molecule has 0 aliphatic rings. The lowest BCUT2D eigenvalue weighted by Crippen LogP contribution is -2.07. The van der Waals surface area contributed by atoms with Gasteiger partial charge in [-0.1, -0.05) is 97.1 Å². The molecule has 0 radical (unpaired) electrons. The summed E-state index contributed by atoms with van der Waals surface area (Å²) in [5.41, 5.74) is 6.62. The Balaban J connectivity index is 1.23. The van der Waals surface area contributed by atoms with Crippen molar-refractivity contribution in [2.75, 3.05) is 0 Å². The van der Waals surface area contributed by atoms with Crippen molar-refractivity contribution in [3.05, 3.63) is 163 Å². The second-order valence-electron chi connectivity index (χ2n) is 12.9. The molecule has 0 atom stereocenters. The Hall–Kier alpha value is -7.55. The Morgan fingerprint density at radius 3 is 1.65 bits per heavy atom. The third-order valence-corrected chi connectivity index (χ3v) is 11.6. The summed E-state index contributed by atoms with van der Waals surface area (Å²) in [7, 11) is -3.84. The van der Waals surface area contributed by atoms with E-state index in [1.165, 1.54) is 24.3 Å². The molecule has 0 aliphatic carbocycles. The first-order valence-electron chi connectivity index (χ1n) is 17.4. The standard InChI is InChI=1S/C44H26N8O2S/c45-27-28-19-23-32(24-20-28)55(53,54)33-25-21-31(22-26-33)51-37-18-10-8-16-35(37)39-40(51)38-34-15-7-9-17-36(34)52(43(38)50-49-39)44-47-41(29-11-3-1-4-12-29)46-42(48-44)30-13-5-2-6-14-30/h1-26H. The highest BCUT2D eigenvalue weighted by Gasteiger charge is 2.25. The Labute approximate surface area is 314 Å². The predicted molar refractivity (Wildman–Crippen MR) is 212 cm³/mol. The molecule has 55 heavy (non-hydrogen) atoms. The van der Waals surface area contributed by atoms with Gasteiger partial charge in [0.1, 0.15) is 5.52 Å². The number of sulfone groups is 1. The van der Waals surface area contributed by atoms with Crippen LogP contribution in [0.3, 0.4) is 0 Å². The molecule has 0 fully saturated rings. The maximum absolute atomic E-state index is 13.6. The summed E-state index contributed by atoms with van der Waals surface area (Å²) in [4.78, 5) is 15.2. The Kier molecular flexibility index (Phi) is 7.33. The summed E-state index contributed by atoms with van der Waals surface area (Å²) in [6.45, 7) is 0. The molecule has 260 valence electrons. The molecule has 11 heteroatoms. The van der Waals surface area contributed by atoms with Crippen molar-refractivity contribution in [2.24, 2.45) is 0 Å². The first-order chi connectivity index (χ1) is 27.0. The lowest BCUT2D eigenvalue weighted by atomic mass is 10.1. The summed E-state index contributed by atoms with van der Waals surface area (Å²) in [6.07, 6.45) is 0. The molecule has 0 unspecified atom stereocenters. The Bertz CT molecular complexity index is 3210. The zero-order chi connectivity index (χ0) is 37.1. The quantitative estimate of drug-likeness (QED) is 0.166. The molecule has 0 spiro atoms. The van der Waals surface area contributed by atoms with E-state index in [0.29, 0.717) is 34.3 Å². The van der Waals surface area contributed by atoms with Gasteiger partial charge in [0, 0.05) is 27.6 Å². The molecule has 0 saturated heterocycles. The van der Waals surface area contributed by atoms with E-state index in [1.54, 1.807) is 24.3 Å². The van der Waals surface area contributed by atoms with Crippen molar-refractivity contribution in [3.8, 4) is 40.5 Å². The zero-order valence-electron chi connectivity index (χ0n) is 28.8. The molecule has 0 aliphatic heterocycles. The van der Waals surface area contributed by atoms with Crippen LogP contribution >= 0.6 is 0 Å². The molecule has 10 nitrogen and oxygen atoms in total. The fraction of sp³-hybridized carbons (Fsp3) is 0. The molecule has 0 N–H and O–H groups in total. The second-order valence-corrected chi connectivity index (χ2v) is 14.9. The van der Waals surface area contributed by atoms with Crippen LogP contribution in [-0.4, -0.2) is 42.7 Å². The number of nitriles is 1. The summed E-state index contributed by atoms with van der Waals surface area (Å²) < 4.78 is 31.3. The molecule has 10 rings (SSSR count). The van der Waals surface area contributed by atoms with Gasteiger partial charge in [-0.05, 0) is 60.7 Å². The summed E-state index contributed by atoms with van der Waals surface area (Å²) in [6, 6.07) is 50.4. The van der Waals surface area contributed by atoms with Crippen LogP contribution in [-0.2, 0) is 9.84 Å². The number of rotatable bonds is 6. The average Bonchev–Trinajstić information content (AvgIpc) is 3.77. The topological polar surface area (TPSA) is 132 Å². The number of hydrogen-bond donors (Lipinski definition) is 0. The number of hydrogen-bond acceptors (Lipinski definition) is 8. The van der Waals surface area contributed by atoms with Crippen LogP contribution in [0.15, 0.2) is 168 Å². The van der Waals surface area contributed by atoms with Crippen molar-refractivity contribution in [1.82, 2.24) is 34.3 Å². The third kappa shape index (κ3) is 5.15. The maximum atomic E-state index is 13.6. The van der Waals surface area contributed by atoms with E-state index in [2.05, 4.69) is 10.6 Å². The molecular weight excluding hydrogens is 705 g/mol. The molecule has 0 bridgehead atoms. The minimum absolute atomic E-state index is 0.116. The van der Waals surface area contributed by atoms with Crippen LogP contribution in [0.2, 0.25) is 0 Å². The van der Waals surface area contributed by atoms with Gasteiger partial charge in [-0.2, -0.15) is 15.2 Å². The first-order valence-corrected chi connectivity index (χ1v) is 18.9. The number of nitrogens with zero attached hydrogens (tertiary/aromatic N) is 8. The zero-order valence-corrected chi connectivity index (χ0v) is 29.6. The molecule has 0 saturated carbocycles. The fourth-order valence-corrected chi connectivity index (χ4v) is 8.45. The van der Waals surface area contributed by atoms with E-state index in [9.17, 15) is 13.7 Å². The summed E-state index contributed by atoms with van der Waals surface area (Å²) >= 11 is 0. The lowest BCUT2D eigenvalue weighted by molar-refractivity contribution is 0.596. The Morgan fingerprint density at radius 2 is 1.05 bits per heavy atom. The van der Waals surface area contributed by atoms with Gasteiger partial charge in [0.2, 0.25) is 15.8 Å². The molecule has 4 heterocycles. The summed E-state index contributed by atoms with van der Waals surface area (Å²) in [5, 5.41) is 21.6. The van der Waals surface area contributed by atoms with Gasteiger partial charge >= 0.3 is 0 Å². The normalized spacial score (nSPS) is 11.8. The average molecular weight is 731 g/mol. The van der Waals surface area contributed by atoms with Gasteiger partial charge in [0.15, 0.2) is 17.3 Å². The van der Waals surface area contributed by atoms with E-state index in [4.69, 9.17) is 25.1 Å². The van der Waals surface area contributed by atoms with Gasteiger partial charge in [-0.15, -0.1) is 10.2 Å². The number of benzene rings is 6. The van der Waals surface area contributed by atoms with Crippen LogP contribution < -0.4 is 0 Å². The molecule has 4 aromatic heterocycles.